The average molecular weight is 504 g/mol. The van der Waals surface area contributed by atoms with Crippen LogP contribution in [0.5, 0.6) is 0 Å². The van der Waals surface area contributed by atoms with Gasteiger partial charge in [0.1, 0.15) is 0 Å². The first-order chi connectivity index (χ1) is 17.7. The number of hydrogen-bond donors (Lipinski definition) is 1. The number of carboxylic acids is 1. The van der Waals surface area contributed by atoms with Gasteiger partial charge in [0, 0.05) is 18.6 Å². The smallest absolute Gasteiger partial charge is 0.417 e. The molecular weight excluding hydrogens is 475 g/mol. The van der Waals surface area contributed by atoms with Crippen molar-refractivity contribution in [3.8, 4) is 11.1 Å². The van der Waals surface area contributed by atoms with Gasteiger partial charge in [-0.2, -0.15) is 13.2 Å². The number of carboxylic acid groups (broad SMARTS) is 1. The lowest BCUT2D eigenvalue weighted by Gasteiger charge is -2.37. The van der Waals surface area contributed by atoms with E-state index in [1.165, 1.54) is 12.1 Å². The second kappa shape index (κ2) is 11.4. The van der Waals surface area contributed by atoms with E-state index in [1.54, 1.807) is 30.3 Å². The molecule has 2 atom stereocenters. The molecule has 37 heavy (non-hydrogen) atoms. The van der Waals surface area contributed by atoms with Gasteiger partial charge in [0.15, 0.2) is 0 Å². The molecule has 0 aliphatic heterocycles. The molecule has 3 nitrogen and oxygen atoms in total. The number of halogens is 3. The summed E-state index contributed by atoms with van der Waals surface area (Å²) in [6.45, 7) is 2.49. The second-order valence-electron chi connectivity index (χ2n) is 9.03. The van der Waals surface area contributed by atoms with Crippen LogP contribution in [-0.2, 0) is 17.5 Å². The number of benzene rings is 4. The summed E-state index contributed by atoms with van der Waals surface area (Å²) >= 11 is 0. The topological polar surface area (TPSA) is 40.5 Å². The van der Waals surface area contributed by atoms with E-state index >= 15 is 0 Å². The Kier molecular flexibility index (Phi) is 8.09. The maximum Gasteiger partial charge on any atom is 0.417 e. The lowest BCUT2D eigenvalue weighted by molar-refractivity contribution is -0.139. The first-order valence-electron chi connectivity index (χ1n) is 12.1. The van der Waals surface area contributed by atoms with E-state index in [-0.39, 0.29) is 18.0 Å². The molecule has 0 aliphatic rings. The van der Waals surface area contributed by atoms with Crippen molar-refractivity contribution in [1.82, 2.24) is 4.90 Å². The van der Waals surface area contributed by atoms with Crippen LogP contribution in [0.1, 0.15) is 47.7 Å². The Labute approximate surface area is 214 Å². The van der Waals surface area contributed by atoms with Crippen molar-refractivity contribution in [3.63, 3.8) is 0 Å². The summed E-state index contributed by atoms with van der Waals surface area (Å²) < 4.78 is 41.2. The van der Waals surface area contributed by atoms with Crippen LogP contribution >= 0.6 is 0 Å². The Balaban J connectivity index is 1.81. The number of alkyl halides is 3. The molecule has 0 aliphatic carbocycles. The van der Waals surface area contributed by atoms with E-state index in [1.807, 2.05) is 67.6 Å². The van der Waals surface area contributed by atoms with Crippen molar-refractivity contribution in [3.05, 3.63) is 131 Å². The molecule has 4 aromatic rings. The van der Waals surface area contributed by atoms with Crippen LogP contribution in [0.2, 0.25) is 0 Å². The van der Waals surface area contributed by atoms with E-state index in [9.17, 15) is 23.1 Å². The van der Waals surface area contributed by atoms with Crippen LogP contribution in [0, 0.1) is 0 Å². The highest BCUT2D eigenvalue weighted by Gasteiger charge is 2.34. The fourth-order valence-corrected chi connectivity index (χ4v) is 4.72. The predicted molar refractivity (Wildman–Crippen MR) is 139 cm³/mol. The minimum absolute atomic E-state index is 0.0663. The standard InChI is InChI=1S/C31H28F3NO2/c1-22(24-13-6-3-7-14-24)35(21-23-11-4-2-5-12-23)29(20-30(36)37)26-16-10-15-25(19-26)27-17-8-9-18-28(27)31(32,33)34/h2-19,22,29H,20-21H2,1H3,(H,36,37). The number of carbonyl (C=O) groups is 1. The van der Waals surface area contributed by atoms with Crippen molar-refractivity contribution < 1.29 is 23.1 Å². The zero-order valence-corrected chi connectivity index (χ0v) is 20.4. The molecule has 0 amide bonds. The molecule has 0 saturated heterocycles. The minimum Gasteiger partial charge on any atom is -0.481 e. The van der Waals surface area contributed by atoms with E-state index in [2.05, 4.69) is 4.90 Å². The molecule has 0 heterocycles. The van der Waals surface area contributed by atoms with Crippen LogP contribution in [-0.4, -0.2) is 16.0 Å². The number of hydrogen-bond acceptors (Lipinski definition) is 2. The zero-order valence-electron chi connectivity index (χ0n) is 20.4. The normalized spacial score (nSPS) is 13.3. The fraction of sp³-hybridized carbons (Fsp3) is 0.194. The van der Waals surface area contributed by atoms with Gasteiger partial charge in [-0.1, -0.05) is 97.1 Å². The van der Waals surface area contributed by atoms with Gasteiger partial charge in [-0.3, -0.25) is 9.69 Å². The van der Waals surface area contributed by atoms with Crippen LogP contribution in [0.15, 0.2) is 109 Å². The summed E-state index contributed by atoms with van der Waals surface area (Å²) in [5.41, 5.74) is 2.42. The number of rotatable bonds is 9. The summed E-state index contributed by atoms with van der Waals surface area (Å²) in [6, 6.07) is 31.1. The Morgan fingerprint density at radius 3 is 2.05 bits per heavy atom. The summed E-state index contributed by atoms with van der Waals surface area (Å²) in [7, 11) is 0. The summed E-state index contributed by atoms with van der Waals surface area (Å²) in [5, 5.41) is 9.87. The van der Waals surface area contributed by atoms with Gasteiger partial charge in [0.25, 0.3) is 0 Å². The van der Waals surface area contributed by atoms with E-state index in [4.69, 9.17) is 0 Å². The largest absolute Gasteiger partial charge is 0.481 e. The molecule has 4 rings (SSSR count). The van der Waals surface area contributed by atoms with Gasteiger partial charge in [-0.25, -0.2) is 0 Å². The highest BCUT2D eigenvalue weighted by atomic mass is 19.4. The van der Waals surface area contributed by atoms with E-state index in [0.717, 1.165) is 17.2 Å². The molecular formula is C31H28F3NO2. The molecule has 0 aromatic heterocycles. The van der Waals surface area contributed by atoms with Crippen LogP contribution in [0.3, 0.4) is 0 Å². The monoisotopic (exact) mass is 503 g/mol. The maximum absolute atomic E-state index is 13.7. The van der Waals surface area contributed by atoms with Gasteiger partial charge in [-0.15, -0.1) is 0 Å². The minimum atomic E-state index is -4.51. The summed E-state index contributed by atoms with van der Waals surface area (Å²) in [5.74, 6) is -0.982. The molecule has 190 valence electrons. The zero-order chi connectivity index (χ0) is 26.4. The highest BCUT2D eigenvalue weighted by molar-refractivity contribution is 5.70. The molecule has 0 saturated carbocycles. The van der Waals surface area contributed by atoms with Crippen molar-refractivity contribution in [1.29, 1.82) is 0 Å². The molecule has 2 unspecified atom stereocenters. The summed E-state index contributed by atoms with van der Waals surface area (Å²) in [6.07, 6.45) is -4.71. The van der Waals surface area contributed by atoms with Gasteiger partial charge < -0.3 is 5.11 Å². The van der Waals surface area contributed by atoms with Gasteiger partial charge in [-0.05, 0) is 46.9 Å². The molecule has 4 aromatic carbocycles. The van der Waals surface area contributed by atoms with Crippen LogP contribution in [0.4, 0.5) is 13.2 Å². The molecule has 0 fully saturated rings. The second-order valence-corrected chi connectivity index (χ2v) is 9.03. The van der Waals surface area contributed by atoms with Crippen molar-refractivity contribution in [2.45, 2.75) is 38.1 Å². The first kappa shape index (κ1) is 26.2. The first-order valence-corrected chi connectivity index (χ1v) is 12.1. The molecule has 6 heteroatoms. The maximum atomic E-state index is 13.7. The lowest BCUT2D eigenvalue weighted by atomic mass is 9.92. The van der Waals surface area contributed by atoms with E-state index in [0.29, 0.717) is 17.7 Å². The van der Waals surface area contributed by atoms with Gasteiger partial charge in [0.2, 0.25) is 0 Å². The van der Waals surface area contributed by atoms with Gasteiger partial charge >= 0.3 is 12.1 Å². The third kappa shape index (κ3) is 6.46. The Bertz CT molecular complexity index is 1320. The van der Waals surface area contributed by atoms with Gasteiger partial charge in [0.05, 0.1) is 12.0 Å². The molecule has 0 radical (unpaired) electrons. The highest BCUT2D eigenvalue weighted by Crippen LogP contribution is 2.39. The third-order valence-corrected chi connectivity index (χ3v) is 6.57. The molecule has 0 spiro atoms. The molecule has 0 bridgehead atoms. The quantitative estimate of drug-likeness (QED) is 0.251. The Morgan fingerprint density at radius 1 is 0.811 bits per heavy atom. The Morgan fingerprint density at radius 2 is 1.41 bits per heavy atom. The Hall–Kier alpha value is -3.90. The van der Waals surface area contributed by atoms with Crippen molar-refractivity contribution in [2.75, 3.05) is 0 Å². The number of aliphatic carboxylic acids is 1. The van der Waals surface area contributed by atoms with E-state index < -0.39 is 23.8 Å². The predicted octanol–water partition coefficient (Wildman–Crippen LogP) is 8.15. The lowest BCUT2D eigenvalue weighted by Crippen LogP contribution is -2.32. The molecule has 1 N–H and O–H groups in total. The average Bonchev–Trinajstić information content (AvgIpc) is 2.91. The third-order valence-electron chi connectivity index (χ3n) is 6.57. The summed E-state index contributed by atoms with van der Waals surface area (Å²) in [4.78, 5) is 14.2. The fourth-order valence-electron chi connectivity index (χ4n) is 4.72. The number of nitrogens with zero attached hydrogens (tertiary/aromatic N) is 1. The van der Waals surface area contributed by atoms with Crippen LogP contribution < -0.4 is 0 Å². The van der Waals surface area contributed by atoms with Crippen molar-refractivity contribution >= 4 is 5.97 Å². The van der Waals surface area contributed by atoms with Crippen molar-refractivity contribution in [2.24, 2.45) is 0 Å². The van der Waals surface area contributed by atoms with Crippen LogP contribution in [0.25, 0.3) is 11.1 Å². The SMILES string of the molecule is CC(c1ccccc1)N(Cc1ccccc1)C(CC(=O)O)c1cccc(-c2ccccc2C(F)(F)F)c1.